The Morgan fingerprint density at radius 1 is 1.33 bits per heavy atom. The predicted molar refractivity (Wildman–Crippen MR) is 70.9 cm³/mol. The quantitative estimate of drug-likeness (QED) is 0.839. The van der Waals surface area contributed by atoms with Gasteiger partial charge in [0.1, 0.15) is 5.75 Å². The fraction of sp³-hybridized carbons (Fsp3) is 0.500. The predicted octanol–water partition coefficient (Wildman–Crippen LogP) is 1.83. The van der Waals surface area contributed by atoms with E-state index in [1.807, 2.05) is 39.0 Å². The van der Waals surface area contributed by atoms with Crippen molar-refractivity contribution in [3.05, 3.63) is 29.3 Å². The molecule has 0 spiro atoms. The molecule has 0 aliphatic carbocycles. The highest BCUT2D eigenvalue weighted by atomic mass is 16.5. The summed E-state index contributed by atoms with van der Waals surface area (Å²) < 4.78 is 10.4. The van der Waals surface area contributed by atoms with Gasteiger partial charge in [-0.1, -0.05) is 6.07 Å². The van der Waals surface area contributed by atoms with Crippen molar-refractivity contribution in [3.8, 4) is 5.75 Å². The molecular formula is C14H21NO3. The Kier molecular flexibility index (Phi) is 5.65. The molecule has 1 aromatic carbocycles. The van der Waals surface area contributed by atoms with Crippen molar-refractivity contribution < 1.29 is 14.3 Å². The lowest BCUT2D eigenvalue weighted by Crippen LogP contribution is -2.38. The smallest absolute Gasteiger partial charge is 0.258 e. The second-order valence-corrected chi connectivity index (χ2v) is 4.46. The zero-order valence-corrected chi connectivity index (χ0v) is 11.4. The van der Waals surface area contributed by atoms with Crippen molar-refractivity contribution in [2.24, 2.45) is 0 Å². The van der Waals surface area contributed by atoms with Crippen LogP contribution in [0.5, 0.6) is 5.75 Å². The molecule has 0 aliphatic rings. The molecule has 100 valence electrons. The standard InChI is InChI=1S/C14H21NO3/c1-10-5-6-13(7-11(10)2)18-9-14(16)15-12(3)8-17-4/h5-7,12H,8-9H2,1-4H3,(H,15,16)/t12-/m1/s1. The summed E-state index contributed by atoms with van der Waals surface area (Å²) in [6.07, 6.45) is 0. The molecule has 0 aromatic heterocycles. The van der Waals surface area contributed by atoms with Gasteiger partial charge in [-0.25, -0.2) is 0 Å². The summed E-state index contributed by atoms with van der Waals surface area (Å²) in [4.78, 5) is 11.6. The highest BCUT2D eigenvalue weighted by Crippen LogP contribution is 2.16. The number of nitrogens with one attached hydrogen (secondary N) is 1. The Balaban J connectivity index is 2.40. The summed E-state index contributed by atoms with van der Waals surface area (Å²) in [7, 11) is 1.61. The molecule has 4 nitrogen and oxygen atoms in total. The van der Waals surface area contributed by atoms with Crippen molar-refractivity contribution in [1.82, 2.24) is 5.32 Å². The molecule has 0 bridgehead atoms. The van der Waals surface area contributed by atoms with Crippen LogP contribution in [0.25, 0.3) is 0 Å². The SMILES string of the molecule is COC[C@@H](C)NC(=O)COc1ccc(C)c(C)c1. The number of carbonyl (C=O) groups is 1. The third-order valence-electron chi connectivity index (χ3n) is 2.67. The van der Waals surface area contributed by atoms with E-state index in [1.54, 1.807) is 7.11 Å². The number of carbonyl (C=O) groups excluding carboxylic acids is 1. The fourth-order valence-electron chi connectivity index (χ4n) is 1.56. The molecule has 0 radical (unpaired) electrons. The van der Waals surface area contributed by atoms with E-state index in [4.69, 9.17) is 9.47 Å². The minimum Gasteiger partial charge on any atom is -0.484 e. The van der Waals surface area contributed by atoms with Crippen molar-refractivity contribution in [3.63, 3.8) is 0 Å². The summed E-state index contributed by atoms with van der Waals surface area (Å²) in [6.45, 7) is 6.46. The van der Waals surface area contributed by atoms with E-state index in [1.165, 1.54) is 5.56 Å². The molecular weight excluding hydrogens is 230 g/mol. The molecule has 0 heterocycles. The number of methoxy groups -OCH3 is 1. The van der Waals surface area contributed by atoms with E-state index >= 15 is 0 Å². The molecule has 0 saturated carbocycles. The molecule has 1 N–H and O–H groups in total. The molecule has 4 heteroatoms. The summed E-state index contributed by atoms with van der Waals surface area (Å²) in [5, 5.41) is 2.79. The van der Waals surface area contributed by atoms with Crippen molar-refractivity contribution in [2.75, 3.05) is 20.3 Å². The normalized spacial score (nSPS) is 12.0. The van der Waals surface area contributed by atoms with E-state index < -0.39 is 0 Å². The number of amides is 1. The van der Waals surface area contributed by atoms with Crippen LogP contribution in [0.4, 0.5) is 0 Å². The largest absolute Gasteiger partial charge is 0.484 e. The van der Waals surface area contributed by atoms with Crippen LogP contribution in [-0.2, 0) is 9.53 Å². The van der Waals surface area contributed by atoms with Crippen molar-refractivity contribution in [1.29, 1.82) is 0 Å². The van der Waals surface area contributed by atoms with Crippen LogP contribution in [0.2, 0.25) is 0 Å². The van der Waals surface area contributed by atoms with E-state index in [-0.39, 0.29) is 18.6 Å². The molecule has 1 atom stereocenters. The summed E-state index contributed by atoms with van der Waals surface area (Å²) in [6, 6.07) is 5.77. The van der Waals surface area contributed by atoms with E-state index in [0.717, 1.165) is 5.56 Å². The minimum atomic E-state index is -0.141. The maximum Gasteiger partial charge on any atom is 0.258 e. The minimum absolute atomic E-state index is 0.00847. The topological polar surface area (TPSA) is 47.6 Å². The number of aryl methyl sites for hydroxylation is 2. The van der Waals surface area contributed by atoms with Crippen LogP contribution in [0.1, 0.15) is 18.1 Å². The van der Waals surface area contributed by atoms with Gasteiger partial charge in [-0.2, -0.15) is 0 Å². The molecule has 1 rings (SSSR count). The Morgan fingerprint density at radius 2 is 2.06 bits per heavy atom. The van der Waals surface area contributed by atoms with Crippen molar-refractivity contribution >= 4 is 5.91 Å². The van der Waals surface area contributed by atoms with Gasteiger partial charge < -0.3 is 14.8 Å². The number of rotatable bonds is 6. The maximum absolute atomic E-state index is 11.6. The first kappa shape index (κ1) is 14.5. The first-order chi connectivity index (χ1) is 8.52. The Labute approximate surface area is 108 Å². The molecule has 0 unspecified atom stereocenters. The first-order valence-corrected chi connectivity index (χ1v) is 6.01. The van der Waals surface area contributed by atoms with Crippen LogP contribution < -0.4 is 10.1 Å². The second-order valence-electron chi connectivity index (χ2n) is 4.46. The summed E-state index contributed by atoms with van der Waals surface area (Å²) in [5.74, 6) is 0.574. The van der Waals surface area contributed by atoms with E-state index in [0.29, 0.717) is 12.4 Å². The molecule has 1 aromatic rings. The zero-order valence-electron chi connectivity index (χ0n) is 11.4. The van der Waals surface area contributed by atoms with Gasteiger partial charge in [-0.05, 0) is 44.0 Å². The van der Waals surface area contributed by atoms with Crippen LogP contribution in [-0.4, -0.2) is 32.3 Å². The number of hydrogen-bond donors (Lipinski definition) is 1. The van der Waals surface area contributed by atoms with Gasteiger partial charge in [0.25, 0.3) is 5.91 Å². The van der Waals surface area contributed by atoms with Gasteiger partial charge in [-0.15, -0.1) is 0 Å². The van der Waals surface area contributed by atoms with E-state index in [9.17, 15) is 4.79 Å². The number of benzene rings is 1. The lowest BCUT2D eigenvalue weighted by Gasteiger charge is -2.13. The van der Waals surface area contributed by atoms with Gasteiger partial charge >= 0.3 is 0 Å². The van der Waals surface area contributed by atoms with Crippen LogP contribution >= 0.6 is 0 Å². The second kappa shape index (κ2) is 7.01. The Morgan fingerprint density at radius 3 is 2.67 bits per heavy atom. The zero-order chi connectivity index (χ0) is 13.5. The third-order valence-corrected chi connectivity index (χ3v) is 2.67. The summed E-state index contributed by atoms with van der Waals surface area (Å²) >= 11 is 0. The van der Waals surface area contributed by atoms with Crippen molar-refractivity contribution in [2.45, 2.75) is 26.8 Å². The fourth-order valence-corrected chi connectivity index (χ4v) is 1.56. The van der Waals surface area contributed by atoms with Gasteiger partial charge in [0.05, 0.1) is 6.61 Å². The summed E-state index contributed by atoms with van der Waals surface area (Å²) in [5.41, 5.74) is 2.36. The maximum atomic E-state index is 11.6. The lowest BCUT2D eigenvalue weighted by atomic mass is 10.1. The monoisotopic (exact) mass is 251 g/mol. The lowest BCUT2D eigenvalue weighted by molar-refractivity contribution is -0.124. The Bertz CT molecular complexity index is 404. The van der Waals surface area contributed by atoms with Gasteiger partial charge in [-0.3, -0.25) is 4.79 Å². The number of hydrogen-bond acceptors (Lipinski definition) is 3. The average molecular weight is 251 g/mol. The molecule has 0 saturated heterocycles. The van der Waals surface area contributed by atoms with Crippen LogP contribution in [0.15, 0.2) is 18.2 Å². The van der Waals surface area contributed by atoms with Gasteiger partial charge in [0, 0.05) is 13.2 Å². The average Bonchev–Trinajstić information content (AvgIpc) is 2.31. The molecule has 0 aliphatic heterocycles. The molecule has 18 heavy (non-hydrogen) atoms. The third kappa shape index (κ3) is 4.75. The number of ether oxygens (including phenoxy) is 2. The highest BCUT2D eigenvalue weighted by molar-refractivity contribution is 5.77. The van der Waals surface area contributed by atoms with Gasteiger partial charge in [0.2, 0.25) is 0 Å². The van der Waals surface area contributed by atoms with Crippen LogP contribution in [0, 0.1) is 13.8 Å². The van der Waals surface area contributed by atoms with Crippen LogP contribution in [0.3, 0.4) is 0 Å². The Hall–Kier alpha value is -1.55. The van der Waals surface area contributed by atoms with Gasteiger partial charge in [0.15, 0.2) is 6.61 Å². The highest BCUT2D eigenvalue weighted by Gasteiger charge is 2.07. The van der Waals surface area contributed by atoms with E-state index in [2.05, 4.69) is 5.32 Å². The molecule has 1 amide bonds. The first-order valence-electron chi connectivity index (χ1n) is 6.01. The molecule has 0 fully saturated rings.